The van der Waals surface area contributed by atoms with E-state index < -0.39 is 11.9 Å². The maximum atomic E-state index is 10.0. The normalized spacial score (nSPS) is 9.17. The number of hydrogen-bond acceptors (Lipinski definition) is 8. The van der Waals surface area contributed by atoms with Crippen LogP contribution >= 0.6 is 22.7 Å². The molecule has 2 heterocycles. The maximum Gasteiger partial charge on any atom is 0.303 e. The number of aromatic nitrogens is 2. The average Bonchev–Trinajstić information content (AvgIpc) is 3.17. The van der Waals surface area contributed by atoms with E-state index in [2.05, 4.69) is 9.97 Å². The van der Waals surface area contributed by atoms with Crippen molar-refractivity contribution in [3.63, 3.8) is 0 Å². The van der Waals surface area contributed by atoms with Crippen molar-refractivity contribution in [1.29, 1.82) is 0 Å². The van der Waals surface area contributed by atoms with E-state index in [1.807, 2.05) is 10.8 Å². The monoisotopic (exact) mass is 374 g/mol. The van der Waals surface area contributed by atoms with E-state index in [4.69, 9.17) is 21.7 Å². The number of nitrogens with zero attached hydrogens (tertiary/aromatic N) is 2. The first-order chi connectivity index (χ1) is 11.4. The minimum absolute atomic E-state index is 0.188. The molecule has 0 aliphatic rings. The summed E-state index contributed by atoms with van der Waals surface area (Å²) in [6, 6.07) is 0. The number of carbonyl (C=O) groups is 2. The molecule has 0 unspecified atom stereocenters. The molecule has 6 N–H and O–H groups in total. The van der Waals surface area contributed by atoms with Crippen LogP contribution < -0.4 is 11.5 Å². The lowest BCUT2D eigenvalue weighted by atomic mass is 10.1. The van der Waals surface area contributed by atoms with E-state index >= 15 is 0 Å². The highest BCUT2D eigenvalue weighted by molar-refractivity contribution is 7.13. The first-order valence-corrected chi connectivity index (χ1v) is 8.91. The molecule has 0 amide bonds. The van der Waals surface area contributed by atoms with Crippen LogP contribution in [0.3, 0.4) is 0 Å². The maximum absolute atomic E-state index is 10.0. The lowest BCUT2D eigenvalue weighted by Gasteiger charge is -1.96. The molecule has 0 saturated carbocycles. The molecule has 0 aliphatic carbocycles. The first-order valence-electron chi connectivity index (χ1n) is 7.15. The van der Waals surface area contributed by atoms with E-state index in [0.717, 1.165) is 12.8 Å². The van der Waals surface area contributed by atoms with Crippen LogP contribution in [0.25, 0.3) is 0 Å². The first kappa shape index (κ1) is 21.8. The molecule has 2 aromatic heterocycles. The number of hydrogen-bond donors (Lipinski definition) is 4. The lowest BCUT2D eigenvalue weighted by molar-refractivity contribution is -0.138. The van der Waals surface area contributed by atoms with E-state index in [1.165, 1.54) is 22.7 Å². The molecular weight excluding hydrogens is 352 g/mol. The van der Waals surface area contributed by atoms with Gasteiger partial charge in [-0.3, -0.25) is 9.59 Å². The van der Waals surface area contributed by atoms with Crippen molar-refractivity contribution in [1.82, 2.24) is 9.97 Å². The Labute approximate surface area is 148 Å². The van der Waals surface area contributed by atoms with Gasteiger partial charge in [0.2, 0.25) is 0 Å². The molecule has 0 aliphatic heterocycles. The summed E-state index contributed by atoms with van der Waals surface area (Å²) in [6.45, 7) is 0. The van der Waals surface area contributed by atoms with E-state index in [0.29, 0.717) is 23.1 Å². The second kappa shape index (κ2) is 14.4. The molecule has 0 fully saturated rings. The fourth-order valence-corrected chi connectivity index (χ4v) is 2.14. The van der Waals surface area contributed by atoms with Gasteiger partial charge in [0.15, 0.2) is 10.3 Å². The SMILES string of the molecule is Nc1nccs1.Nc1nccs1.O=C(O)CCCCCCC(=O)O. The van der Waals surface area contributed by atoms with Gasteiger partial charge in [-0.15, -0.1) is 22.7 Å². The Morgan fingerprint density at radius 3 is 1.38 bits per heavy atom. The van der Waals surface area contributed by atoms with Crippen molar-refractivity contribution < 1.29 is 19.8 Å². The zero-order chi connectivity index (χ0) is 18.2. The molecule has 8 nitrogen and oxygen atoms in total. The minimum Gasteiger partial charge on any atom is -0.481 e. The second-order valence-electron chi connectivity index (χ2n) is 4.44. The smallest absolute Gasteiger partial charge is 0.303 e. The quantitative estimate of drug-likeness (QED) is 0.540. The topological polar surface area (TPSA) is 152 Å². The number of carboxylic acid groups (broad SMARTS) is 2. The molecule has 0 saturated heterocycles. The van der Waals surface area contributed by atoms with Crippen molar-refractivity contribution in [3.05, 3.63) is 23.2 Å². The van der Waals surface area contributed by atoms with Crippen LogP contribution in [-0.2, 0) is 9.59 Å². The third-order valence-electron chi connectivity index (χ3n) is 2.43. The van der Waals surface area contributed by atoms with Gasteiger partial charge in [-0.1, -0.05) is 12.8 Å². The molecule has 2 aromatic rings. The van der Waals surface area contributed by atoms with Gasteiger partial charge in [0.25, 0.3) is 0 Å². The van der Waals surface area contributed by atoms with Gasteiger partial charge in [-0.05, 0) is 12.8 Å². The van der Waals surface area contributed by atoms with Crippen molar-refractivity contribution in [2.45, 2.75) is 38.5 Å². The fourth-order valence-electron chi connectivity index (χ4n) is 1.37. The molecular formula is C14H22N4O4S2. The van der Waals surface area contributed by atoms with Gasteiger partial charge in [0, 0.05) is 36.0 Å². The Kier molecular flexibility index (Phi) is 13.1. The number of anilines is 2. The Hall–Kier alpha value is -2.20. The number of thiazole rings is 2. The summed E-state index contributed by atoms with van der Waals surface area (Å²) in [6.07, 6.45) is 6.64. The zero-order valence-electron chi connectivity index (χ0n) is 13.1. The molecule has 24 heavy (non-hydrogen) atoms. The number of rotatable bonds is 7. The molecule has 2 rings (SSSR count). The summed E-state index contributed by atoms with van der Waals surface area (Å²) in [5.41, 5.74) is 10.4. The Morgan fingerprint density at radius 1 is 0.833 bits per heavy atom. The van der Waals surface area contributed by atoms with Crippen LogP contribution in [0, 0.1) is 0 Å². The molecule has 10 heteroatoms. The highest BCUT2D eigenvalue weighted by Crippen LogP contribution is 2.05. The Bertz CT molecular complexity index is 497. The average molecular weight is 374 g/mol. The Morgan fingerprint density at radius 2 is 1.21 bits per heavy atom. The van der Waals surface area contributed by atoms with Gasteiger partial charge < -0.3 is 21.7 Å². The molecule has 0 atom stereocenters. The predicted octanol–water partition coefficient (Wildman–Crippen LogP) is 2.95. The molecule has 0 aromatic carbocycles. The number of carboxylic acids is 2. The number of nitrogen functional groups attached to an aromatic ring is 2. The van der Waals surface area contributed by atoms with Crippen molar-refractivity contribution >= 4 is 44.9 Å². The molecule has 134 valence electrons. The number of unbranched alkanes of at least 4 members (excludes halogenated alkanes) is 3. The van der Waals surface area contributed by atoms with Crippen LogP contribution in [0.2, 0.25) is 0 Å². The van der Waals surface area contributed by atoms with Gasteiger partial charge in [-0.25, -0.2) is 9.97 Å². The predicted molar refractivity (Wildman–Crippen MR) is 96.0 cm³/mol. The van der Waals surface area contributed by atoms with Crippen LogP contribution in [0.5, 0.6) is 0 Å². The number of aliphatic carboxylic acids is 2. The van der Waals surface area contributed by atoms with Crippen LogP contribution in [-0.4, -0.2) is 32.1 Å². The van der Waals surface area contributed by atoms with Crippen LogP contribution in [0.1, 0.15) is 38.5 Å². The third kappa shape index (κ3) is 16.2. The van der Waals surface area contributed by atoms with Crippen molar-refractivity contribution in [2.24, 2.45) is 0 Å². The standard InChI is InChI=1S/C8H14O4.2C3H4N2S/c9-7(10)5-3-1-2-4-6-8(11)12;2*4-3-5-1-2-6-3/h1-6H2,(H,9,10)(H,11,12);2*1-2H,(H2,4,5). The number of nitrogens with two attached hydrogens (primary N) is 2. The molecule has 0 radical (unpaired) electrons. The second-order valence-corrected chi connectivity index (χ2v) is 6.29. The fraction of sp³-hybridized carbons (Fsp3) is 0.429. The van der Waals surface area contributed by atoms with Gasteiger partial charge in [0.1, 0.15) is 0 Å². The summed E-state index contributed by atoms with van der Waals surface area (Å²) in [7, 11) is 0. The van der Waals surface area contributed by atoms with E-state index in [9.17, 15) is 9.59 Å². The summed E-state index contributed by atoms with van der Waals surface area (Å²) >= 11 is 2.89. The summed E-state index contributed by atoms with van der Waals surface area (Å²) < 4.78 is 0. The van der Waals surface area contributed by atoms with Gasteiger partial charge in [-0.2, -0.15) is 0 Å². The van der Waals surface area contributed by atoms with Crippen molar-refractivity contribution in [3.8, 4) is 0 Å². The summed E-state index contributed by atoms with van der Waals surface area (Å²) in [4.78, 5) is 27.5. The Balaban J connectivity index is 0.000000364. The minimum atomic E-state index is -0.784. The van der Waals surface area contributed by atoms with Crippen molar-refractivity contribution in [2.75, 3.05) is 11.5 Å². The van der Waals surface area contributed by atoms with Crippen LogP contribution in [0.15, 0.2) is 23.2 Å². The highest BCUT2D eigenvalue weighted by Gasteiger charge is 1.98. The largest absolute Gasteiger partial charge is 0.481 e. The van der Waals surface area contributed by atoms with E-state index in [1.54, 1.807) is 12.4 Å². The lowest BCUT2D eigenvalue weighted by Crippen LogP contribution is -1.95. The highest BCUT2D eigenvalue weighted by atomic mass is 32.1. The molecule has 0 bridgehead atoms. The summed E-state index contributed by atoms with van der Waals surface area (Å²) in [5.74, 6) is -1.57. The summed E-state index contributed by atoms with van der Waals surface area (Å²) in [5, 5.41) is 21.5. The molecule has 0 spiro atoms. The van der Waals surface area contributed by atoms with Crippen LogP contribution in [0.4, 0.5) is 10.3 Å². The van der Waals surface area contributed by atoms with E-state index in [-0.39, 0.29) is 12.8 Å². The van der Waals surface area contributed by atoms with Gasteiger partial charge >= 0.3 is 11.9 Å². The third-order valence-corrected chi connectivity index (χ3v) is 3.64. The zero-order valence-corrected chi connectivity index (χ0v) is 14.8. The van der Waals surface area contributed by atoms with Gasteiger partial charge in [0.05, 0.1) is 0 Å².